The van der Waals surface area contributed by atoms with E-state index in [1.54, 1.807) is 16.4 Å². The Bertz CT molecular complexity index is 613. The number of hydrogen-bond donors (Lipinski definition) is 0. The third-order valence-electron chi connectivity index (χ3n) is 4.09. The summed E-state index contributed by atoms with van der Waals surface area (Å²) in [6, 6.07) is 5.32. The molecule has 0 heterocycles. The van der Waals surface area contributed by atoms with Gasteiger partial charge in [-0.15, -0.1) is 11.6 Å². The van der Waals surface area contributed by atoms with Crippen molar-refractivity contribution in [1.82, 2.24) is 4.31 Å². The molecule has 0 aliphatic heterocycles. The van der Waals surface area contributed by atoms with Crippen LogP contribution in [0.5, 0.6) is 0 Å². The number of hydrogen-bond acceptors (Lipinski definition) is 2. The molecule has 2 aliphatic carbocycles. The maximum Gasteiger partial charge on any atom is 0.244 e. The summed E-state index contributed by atoms with van der Waals surface area (Å²) in [6.07, 6.45) is 4.61. The predicted octanol–water partition coefficient (Wildman–Crippen LogP) is 4.00. The zero-order valence-corrected chi connectivity index (χ0v) is 14.9. The van der Waals surface area contributed by atoms with Gasteiger partial charge in [-0.25, -0.2) is 8.42 Å². The summed E-state index contributed by atoms with van der Waals surface area (Å²) in [5.74, 6) is 1.42. The molecule has 0 unspecified atom stereocenters. The number of alkyl halides is 1. The smallest absolute Gasteiger partial charge is 0.207 e. The fourth-order valence-corrected chi connectivity index (χ4v) is 5.15. The maximum absolute atomic E-state index is 13.0. The number of benzene rings is 1. The monoisotopic (exact) mass is 391 g/mol. The van der Waals surface area contributed by atoms with Crippen molar-refractivity contribution in [3.8, 4) is 0 Å². The van der Waals surface area contributed by atoms with Gasteiger partial charge in [-0.1, -0.05) is 6.07 Å². The molecule has 2 fully saturated rings. The van der Waals surface area contributed by atoms with Gasteiger partial charge in [0.2, 0.25) is 10.0 Å². The second-order valence-electron chi connectivity index (χ2n) is 6.11. The van der Waals surface area contributed by atoms with Crippen LogP contribution in [-0.2, 0) is 15.9 Å². The molecule has 0 N–H and O–H groups in total. The lowest BCUT2D eigenvalue weighted by Crippen LogP contribution is -2.35. The lowest BCUT2D eigenvalue weighted by Gasteiger charge is -2.23. The molecule has 0 atom stereocenters. The first-order chi connectivity index (χ1) is 10.0. The minimum atomic E-state index is -3.45. The van der Waals surface area contributed by atoms with Crippen LogP contribution in [0.2, 0.25) is 0 Å². The lowest BCUT2D eigenvalue weighted by atomic mass is 10.2. The van der Waals surface area contributed by atoms with Gasteiger partial charge in [0, 0.05) is 23.4 Å². The third-order valence-corrected chi connectivity index (χ3v) is 7.22. The molecule has 6 heteroatoms. The van der Waals surface area contributed by atoms with Crippen molar-refractivity contribution in [3.63, 3.8) is 0 Å². The molecule has 0 amide bonds. The van der Waals surface area contributed by atoms with E-state index >= 15 is 0 Å². The average molecular weight is 393 g/mol. The normalized spacial score (nSPS) is 19.2. The van der Waals surface area contributed by atoms with Crippen LogP contribution < -0.4 is 0 Å². The Morgan fingerprint density at radius 3 is 2.19 bits per heavy atom. The Morgan fingerprint density at radius 1 is 1.14 bits per heavy atom. The van der Waals surface area contributed by atoms with E-state index in [1.165, 1.54) is 0 Å². The molecule has 0 saturated heterocycles. The van der Waals surface area contributed by atoms with Gasteiger partial charge < -0.3 is 0 Å². The van der Waals surface area contributed by atoms with Crippen molar-refractivity contribution < 1.29 is 8.42 Å². The Hall–Kier alpha value is -0.100. The standard InChI is InChI=1S/C15H19BrClNO2S/c16-14-6-5-13(8-17)7-15(14)21(19,20)18(9-11-1-2-11)10-12-3-4-12/h5-7,11-12H,1-4,8-10H2. The quantitative estimate of drug-likeness (QED) is 0.658. The Kier molecular flexibility index (Phi) is 4.65. The molecule has 1 aromatic carbocycles. The number of nitrogens with zero attached hydrogens (tertiary/aromatic N) is 1. The van der Waals surface area contributed by atoms with Gasteiger partial charge in [-0.3, -0.25) is 0 Å². The van der Waals surface area contributed by atoms with E-state index < -0.39 is 10.0 Å². The zero-order valence-electron chi connectivity index (χ0n) is 11.8. The molecule has 1 aromatic rings. The van der Waals surface area contributed by atoms with Crippen LogP contribution >= 0.6 is 27.5 Å². The zero-order chi connectivity index (χ0) is 15.0. The molecule has 0 radical (unpaired) electrons. The molecule has 0 bridgehead atoms. The van der Waals surface area contributed by atoms with Crippen LogP contribution in [0.15, 0.2) is 27.6 Å². The highest BCUT2D eigenvalue weighted by Crippen LogP contribution is 2.37. The first-order valence-corrected chi connectivity index (χ1v) is 10.1. The Balaban J connectivity index is 1.91. The van der Waals surface area contributed by atoms with Gasteiger partial charge >= 0.3 is 0 Å². The molecule has 0 aromatic heterocycles. The van der Waals surface area contributed by atoms with Crippen molar-refractivity contribution >= 4 is 37.6 Å². The highest BCUT2D eigenvalue weighted by atomic mass is 79.9. The van der Waals surface area contributed by atoms with Crippen molar-refractivity contribution in [2.75, 3.05) is 13.1 Å². The van der Waals surface area contributed by atoms with Crippen LogP contribution in [0.4, 0.5) is 0 Å². The van der Waals surface area contributed by atoms with Crippen molar-refractivity contribution in [3.05, 3.63) is 28.2 Å². The number of halogens is 2. The van der Waals surface area contributed by atoms with Crippen molar-refractivity contribution in [2.24, 2.45) is 11.8 Å². The average Bonchev–Trinajstić information content (AvgIpc) is 3.33. The number of sulfonamides is 1. The molecule has 3 nitrogen and oxygen atoms in total. The lowest BCUT2D eigenvalue weighted by molar-refractivity contribution is 0.382. The summed E-state index contributed by atoms with van der Waals surface area (Å²) in [4.78, 5) is 0.349. The molecule has 3 rings (SSSR count). The van der Waals surface area contributed by atoms with Crippen LogP contribution in [0.1, 0.15) is 31.2 Å². The van der Waals surface area contributed by atoms with E-state index in [9.17, 15) is 8.42 Å². The van der Waals surface area contributed by atoms with Crippen LogP contribution in [0, 0.1) is 11.8 Å². The molecule has 116 valence electrons. The van der Waals surface area contributed by atoms with E-state index in [1.807, 2.05) is 6.07 Å². The van der Waals surface area contributed by atoms with Gasteiger partial charge in [0.05, 0.1) is 4.90 Å². The second-order valence-corrected chi connectivity index (χ2v) is 9.14. The highest BCUT2D eigenvalue weighted by molar-refractivity contribution is 9.10. The van der Waals surface area contributed by atoms with E-state index in [0.29, 0.717) is 40.2 Å². The molecule has 21 heavy (non-hydrogen) atoms. The fraction of sp³-hybridized carbons (Fsp3) is 0.600. The van der Waals surface area contributed by atoms with Crippen LogP contribution in [0.25, 0.3) is 0 Å². The second kappa shape index (κ2) is 6.19. The fourth-order valence-electron chi connectivity index (χ4n) is 2.42. The third kappa shape index (κ3) is 3.81. The highest BCUT2D eigenvalue weighted by Gasteiger charge is 2.36. The first-order valence-electron chi connectivity index (χ1n) is 7.35. The summed E-state index contributed by atoms with van der Waals surface area (Å²) >= 11 is 9.22. The van der Waals surface area contributed by atoms with E-state index in [-0.39, 0.29) is 0 Å². The van der Waals surface area contributed by atoms with Gasteiger partial charge in [0.15, 0.2) is 0 Å². The minimum Gasteiger partial charge on any atom is -0.207 e. The molecule has 0 spiro atoms. The number of rotatable bonds is 7. The summed E-state index contributed by atoms with van der Waals surface area (Å²) in [5, 5.41) is 0. The maximum atomic E-state index is 13.0. The van der Waals surface area contributed by atoms with Gasteiger partial charge in [0.25, 0.3) is 0 Å². The van der Waals surface area contributed by atoms with E-state index in [4.69, 9.17) is 11.6 Å². The SMILES string of the molecule is O=S(=O)(c1cc(CCl)ccc1Br)N(CC1CC1)CC1CC1. The molecular weight excluding hydrogens is 374 g/mol. The Morgan fingerprint density at radius 2 is 1.71 bits per heavy atom. The summed E-state index contributed by atoms with van der Waals surface area (Å²) in [7, 11) is -3.45. The largest absolute Gasteiger partial charge is 0.244 e. The Labute approximate surface area is 139 Å². The summed E-state index contributed by atoms with van der Waals surface area (Å²) < 4.78 is 28.3. The van der Waals surface area contributed by atoms with E-state index in [2.05, 4.69) is 15.9 Å². The first kappa shape index (κ1) is 15.8. The van der Waals surface area contributed by atoms with Crippen molar-refractivity contribution in [1.29, 1.82) is 0 Å². The predicted molar refractivity (Wildman–Crippen MR) is 87.9 cm³/mol. The van der Waals surface area contributed by atoms with Crippen LogP contribution in [0.3, 0.4) is 0 Å². The van der Waals surface area contributed by atoms with Crippen molar-refractivity contribution in [2.45, 2.75) is 36.5 Å². The minimum absolute atomic E-state index is 0.320. The summed E-state index contributed by atoms with van der Waals surface area (Å²) in [5.41, 5.74) is 0.830. The molecule has 2 aliphatic rings. The van der Waals surface area contributed by atoms with Gasteiger partial charge in [0.1, 0.15) is 0 Å². The van der Waals surface area contributed by atoms with Crippen LogP contribution in [-0.4, -0.2) is 25.8 Å². The van der Waals surface area contributed by atoms with E-state index in [0.717, 1.165) is 31.2 Å². The van der Waals surface area contributed by atoms with Gasteiger partial charge in [-0.05, 0) is 71.1 Å². The molecular formula is C15H19BrClNO2S. The van der Waals surface area contributed by atoms with Gasteiger partial charge in [-0.2, -0.15) is 4.31 Å². The topological polar surface area (TPSA) is 37.4 Å². The molecule has 2 saturated carbocycles. The summed E-state index contributed by atoms with van der Waals surface area (Å²) in [6.45, 7) is 1.33.